The third-order valence-corrected chi connectivity index (χ3v) is 4.87. The van der Waals surface area contributed by atoms with Crippen molar-refractivity contribution in [1.29, 1.82) is 0 Å². The summed E-state index contributed by atoms with van der Waals surface area (Å²) in [5.74, 6) is 0.533. The highest BCUT2D eigenvalue weighted by molar-refractivity contribution is 6.44. The van der Waals surface area contributed by atoms with E-state index < -0.39 is 0 Å². The summed E-state index contributed by atoms with van der Waals surface area (Å²) in [6.07, 6.45) is 4.64. The summed E-state index contributed by atoms with van der Waals surface area (Å²) in [6.45, 7) is 2.96. The molecular weight excluding hydrogens is 407 g/mol. The van der Waals surface area contributed by atoms with E-state index in [1.54, 1.807) is 0 Å². The third kappa shape index (κ3) is 7.49. The topological polar surface area (TPSA) is 50.4 Å². The quantitative estimate of drug-likeness (QED) is 0.328. The first-order chi connectivity index (χ1) is 13.0. The average Bonchev–Trinajstić information content (AvgIpc) is 2.65. The highest BCUT2D eigenvalue weighted by Crippen LogP contribution is 2.32. The summed E-state index contributed by atoms with van der Waals surface area (Å²) in [7, 11) is 0. The first kappa shape index (κ1) is 21.7. The fraction of sp³-hybridized carbons (Fsp3) is 0.350. The fourth-order valence-electron chi connectivity index (χ4n) is 2.41. The average molecular weight is 430 g/mol. The van der Waals surface area contributed by atoms with Crippen molar-refractivity contribution >= 4 is 52.1 Å². The van der Waals surface area contributed by atoms with Crippen LogP contribution in [0.4, 0.5) is 11.4 Å². The van der Waals surface area contributed by atoms with Gasteiger partial charge in [0.25, 0.3) is 0 Å². The van der Waals surface area contributed by atoms with Gasteiger partial charge in [0, 0.05) is 11.8 Å². The molecule has 2 aromatic carbocycles. The Morgan fingerprint density at radius 3 is 2.56 bits per heavy atom. The lowest BCUT2D eigenvalue weighted by Crippen LogP contribution is -2.22. The molecule has 146 valence electrons. The number of amides is 1. The van der Waals surface area contributed by atoms with Crippen LogP contribution in [0.2, 0.25) is 15.1 Å². The van der Waals surface area contributed by atoms with Crippen molar-refractivity contribution in [3.05, 3.63) is 51.5 Å². The number of nitrogens with one attached hydrogen (secondary N) is 2. The van der Waals surface area contributed by atoms with E-state index in [4.69, 9.17) is 39.5 Å². The van der Waals surface area contributed by atoms with Gasteiger partial charge in [0.1, 0.15) is 5.75 Å². The molecule has 1 amide bonds. The lowest BCUT2D eigenvalue weighted by Gasteiger charge is -2.11. The molecule has 0 saturated heterocycles. The van der Waals surface area contributed by atoms with Crippen LogP contribution in [0.15, 0.2) is 36.4 Å². The molecule has 0 atom stereocenters. The second kappa shape index (κ2) is 11.3. The maximum Gasteiger partial charge on any atom is 0.243 e. The molecule has 0 saturated carbocycles. The molecule has 0 aliphatic rings. The smallest absolute Gasteiger partial charge is 0.243 e. The van der Waals surface area contributed by atoms with Crippen molar-refractivity contribution in [1.82, 2.24) is 0 Å². The van der Waals surface area contributed by atoms with Crippen LogP contribution in [0.25, 0.3) is 0 Å². The Morgan fingerprint density at radius 2 is 1.78 bits per heavy atom. The predicted molar refractivity (Wildman–Crippen MR) is 115 cm³/mol. The number of ether oxygens (including phenoxy) is 1. The Bertz CT molecular complexity index is 769. The van der Waals surface area contributed by atoms with Gasteiger partial charge >= 0.3 is 0 Å². The van der Waals surface area contributed by atoms with E-state index in [1.807, 2.05) is 24.3 Å². The van der Waals surface area contributed by atoms with E-state index >= 15 is 0 Å². The molecule has 0 radical (unpaired) electrons. The largest absolute Gasteiger partial charge is 0.494 e. The first-order valence-corrected chi connectivity index (χ1v) is 10.0. The summed E-state index contributed by atoms with van der Waals surface area (Å²) >= 11 is 17.9. The van der Waals surface area contributed by atoms with Gasteiger partial charge in [-0.25, -0.2) is 0 Å². The van der Waals surface area contributed by atoms with E-state index in [1.165, 1.54) is 31.4 Å². The first-order valence-electron chi connectivity index (χ1n) is 8.90. The van der Waals surface area contributed by atoms with Crippen LogP contribution in [0.3, 0.4) is 0 Å². The van der Waals surface area contributed by atoms with Gasteiger partial charge < -0.3 is 15.4 Å². The molecule has 27 heavy (non-hydrogen) atoms. The molecule has 7 heteroatoms. The van der Waals surface area contributed by atoms with E-state index in [9.17, 15) is 4.79 Å². The molecule has 4 nitrogen and oxygen atoms in total. The minimum Gasteiger partial charge on any atom is -0.494 e. The van der Waals surface area contributed by atoms with Crippen LogP contribution in [0.1, 0.15) is 32.6 Å². The number of carbonyl (C=O) groups is 1. The zero-order valence-corrected chi connectivity index (χ0v) is 17.4. The second-order valence-corrected chi connectivity index (χ2v) is 7.31. The van der Waals surface area contributed by atoms with Crippen LogP contribution < -0.4 is 15.4 Å². The number of hydrogen-bond donors (Lipinski definition) is 2. The Kier molecular flexibility index (Phi) is 9.05. The lowest BCUT2D eigenvalue weighted by molar-refractivity contribution is -0.114. The highest BCUT2D eigenvalue weighted by Gasteiger charge is 2.09. The molecular formula is C20H23Cl3N2O2. The van der Waals surface area contributed by atoms with Gasteiger partial charge in [-0.3, -0.25) is 4.79 Å². The van der Waals surface area contributed by atoms with E-state index in [0.717, 1.165) is 17.9 Å². The van der Waals surface area contributed by atoms with Crippen LogP contribution in [0.5, 0.6) is 5.75 Å². The molecule has 0 spiro atoms. The number of hydrogen-bond acceptors (Lipinski definition) is 3. The molecule has 2 aromatic rings. The number of carbonyl (C=O) groups excluding carboxylic acids is 1. The van der Waals surface area contributed by atoms with Crippen molar-refractivity contribution in [3.8, 4) is 5.75 Å². The molecule has 2 rings (SSSR count). The van der Waals surface area contributed by atoms with Gasteiger partial charge in [0.05, 0.1) is 33.9 Å². The maximum atomic E-state index is 12.2. The molecule has 0 heterocycles. The molecule has 0 fully saturated rings. The van der Waals surface area contributed by atoms with E-state index in [2.05, 4.69) is 17.6 Å². The summed E-state index contributed by atoms with van der Waals surface area (Å²) < 4.78 is 5.75. The van der Waals surface area contributed by atoms with Crippen molar-refractivity contribution < 1.29 is 9.53 Å². The van der Waals surface area contributed by atoms with Crippen molar-refractivity contribution in [3.63, 3.8) is 0 Å². The number of benzene rings is 2. The van der Waals surface area contributed by atoms with E-state index in [0.29, 0.717) is 27.4 Å². The molecule has 2 N–H and O–H groups in total. The fourth-order valence-corrected chi connectivity index (χ4v) is 3.00. The van der Waals surface area contributed by atoms with Crippen molar-refractivity contribution in [2.45, 2.75) is 32.6 Å². The van der Waals surface area contributed by atoms with Crippen LogP contribution in [0, 0.1) is 0 Å². The zero-order valence-electron chi connectivity index (χ0n) is 15.2. The minimum atomic E-state index is -0.249. The Hall–Kier alpha value is -1.62. The van der Waals surface area contributed by atoms with Crippen LogP contribution in [-0.2, 0) is 4.79 Å². The van der Waals surface area contributed by atoms with Gasteiger partial charge in [-0.1, -0.05) is 67.1 Å². The Labute approximate surface area is 175 Å². The Balaban J connectivity index is 1.83. The van der Waals surface area contributed by atoms with Gasteiger partial charge in [-0.15, -0.1) is 0 Å². The maximum absolute atomic E-state index is 12.2. The molecule has 0 aromatic heterocycles. The standard InChI is InChI=1S/C20H23Cl3N2O2/c1-2-3-4-5-9-27-15-8-6-7-14(10-15)24-13-20(26)25-19-12-17(22)16(21)11-18(19)23/h6-8,10-12,24H,2-5,9,13H2,1H3,(H,25,26). The molecule has 0 aliphatic carbocycles. The summed E-state index contributed by atoms with van der Waals surface area (Å²) in [5, 5.41) is 6.77. The van der Waals surface area contributed by atoms with Gasteiger partial charge in [-0.2, -0.15) is 0 Å². The molecule has 0 bridgehead atoms. The number of unbranched alkanes of at least 4 members (excludes halogenated alkanes) is 3. The number of anilines is 2. The normalized spacial score (nSPS) is 10.5. The van der Waals surface area contributed by atoms with Crippen LogP contribution >= 0.6 is 34.8 Å². The zero-order chi connectivity index (χ0) is 19.6. The number of halogens is 3. The summed E-state index contributed by atoms with van der Waals surface area (Å²) in [5.41, 5.74) is 1.22. The SMILES string of the molecule is CCCCCCOc1cccc(NCC(=O)Nc2cc(Cl)c(Cl)cc2Cl)c1. The Morgan fingerprint density at radius 1 is 1.00 bits per heavy atom. The van der Waals surface area contributed by atoms with Gasteiger partial charge in [-0.05, 0) is 30.7 Å². The number of rotatable bonds is 10. The molecule has 0 unspecified atom stereocenters. The van der Waals surface area contributed by atoms with Crippen LogP contribution in [-0.4, -0.2) is 19.1 Å². The third-order valence-electron chi connectivity index (χ3n) is 3.84. The summed E-state index contributed by atoms with van der Waals surface area (Å²) in [4.78, 5) is 12.2. The van der Waals surface area contributed by atoms with E-state index in [-0.39, 0.29) is 12.5 Å². The van der Waals surface area contributed by atoms with Gasteiger partial charge in [0.15, 0.2) is 0 Å². The van der Waals surface area contributed by atoms with Crippen molar-refractivity contribution in [2.75, 3.05) is 23.8 Å². The van der Waals surface area contributed by atoms with Crippen molar-refractivity contribution in [2.24, 2.45) is 0 Å². The monoisotopic (exact) mass is 428 g/mol. The second-order valence-electron chi connectivity index (χ2n) is 6.08. The lowest BCUT2D eigenvalue weighted by atomic mass is 10.2. The molecule has 0 aliphatic heterocycles. The predicted octanol–water partition coefficient (Wildman–Crippen LogP) is 6.66. The minimum absolute atomic E-state index is 0.0799. The highest BCUT2D eigenvalue weighted by atomic mass is 35.5. The van der Waals surface area contributed by atoms with Gasteiger partial charge in [0.2, 0.25) is 5.91 Å². The summed E-state index contributed by atoms with van der Waals surface area (Å²) in [6, 6.07) is 10.6.